The van der Waals surface area contributed by atoms with Crippen molar-refractivity contribution >= 4 is 24.8 Å². The van der Waals surface area contributed by atoms with Crippen LogP contribution in [0.15, 0.2) is 0 Å². The minimum atomic E-state index is 0. The third-order valence-electron chi connectivity index (χ3n) is 0.498. The van der Waals surface area contributed by atoms with Crippen LogP contribution in [0.1, 0.15) is 0 Å². The highest BCUT2D eigenvalue weighted by Gasteiger charge is 1.78. The van der Waals surface area contributed by atoms with Gasteiger partial charge in [0.25, 0.3) is 0 Å². The molecule has 0 aliphatic carbocycles. The van der Waals surface area contributed by atoms with E-state index in [-0.39, 0.29) is 31.4 Å². The van der Waals surface area contributed by atoms with Crippen LogP contribution in [-0.2, 0) is 4.74 Å². The third kappa shape index (κ3) is 17.7. The van der Waals surface area contributed by atoms with E-state index < -0.39 is 0 Å². The Kier molecular flexibility index (Phi) is 28.5. The van der Waals surface area contributed by atoms with Gasteiger partial charge in [0.05, 0.1) is 19.8 Å². The van der Waals surface area contributed by atoms with E-state index in [0.717, 1.165) is 0 Å². The average Bonchev–Trinajstić information content (AvgIpc) is 1.69. The Bertz CT molecular complexity index is 35.7. The van der Waals surface area contributed by atoms with Crippen LogP contribution >= 0.6 is 24.8 Å². The number of ether oxygens (including phenoxy) is 1. The van der Waals surface area contributed by atoms with E-state index in [2.05, 4.69) is 0 Å². The molecule has 0 fully saturated rings. The molecule has 9 heavy (non-hydrogen) atoms. The van der Waals surface area contributed by atoms with Gasteiger partial charge in [0, 0.05) is 6.54 Å². The average molecular weight is 178 g/mol. The van der Waals surface area contributed by atoms with Crippen LogP contribution in [0.5, 0.6) is 0 Å². The number of nitrogens with two attached hydrogens (primary N) is 1. The van der Waals surface area contributed by atoms with Gasteiger partial charge in [0.15, 0.2) is 0 Å². The number of aliphatic hydroxyl groups is 1. The molecule has 0 saturated carbocycles. The summed E-state index contributed by atoms with van der Waals surface area (Å²) in [5, 5.41) is 8.13. The van der Waals surface area contributed by atoms with E-state index in [1.807, 2.05) is 0 Å². The van der Waals surface area contributed by atoms with E-state index in [9.17, 15) is 0 Å². The van der Waals surface area contributed by atoms with Gasteiger partial charge in [-0.1, -0.05) is 0 Å². The van der Waals surface area contributed by atoms with E-state index in [1.54, 1.807) is 0 Å². The summed E-state index contributed by atoms with van der Waals surface area (Å²) in [6.07, 6.45) is 0. The van der Waals surface area contributed by atoms with Crippen LogP contribution in [-0.4, -0.2) is 31.5 Å². The minimum Gasteiger partial charge on any atom is -0.394 e. The molecule has 0 rings (SSSR count). The zero-order valence-electron chi connectivity index (χ0n) is 5.08. The Balaban J connectivity index is -0.000000180. The summed E-state index contributed by atoms with van der Waals surface area (Å²) in [7, 11) is 0. The fraction of sp³-hybridized carbons (Fsp3) is 1.00. The zero-order valence-corrected chi connectivity index (χ0v) is 6.71. The maximum Gasteiger partial charge on any atom is 0.0698 e. The predicted octanol–water partition coefficient (Wildman–Crippen LogP) is -0.202. The smallest absolute Gasteiger partial charge is 0.0698 e. The predicted molar refractivity (Wildman–Crippen MR) is 41.5 cm³/mol. The monoisotopic (exact) mass is 177 g/mol. The molecule has 3 N–H and O–H groups in total. The van der Waals surface area contributed by atoms with Crippen molar-refractivity contribution in [3.63, 3.8) is 0 Å². The molecule has 0 spiro atoms. The molecule has 0 atom stereocenters. The quantitative estimate of drug-likeness (QED) is 0.586. The topological polar surface area (TPSA) is 55.5 Å². The van der Waals surface area contributed by atoms with Crippen LogP contribution in [0.2, 0.25) is 0 Å². The Hall–Kier alpha value is 0.460. The lowest BCUT2D eigenvalue weighted by molar-refractivity contribution is 0.0976. The molecular weight excluding hydrogens is 165 g/mol. The van der Waals surface area contributed by atoms with Gasteiger partial charge < -0.3 is 15.6 Å². The molecule has 5 heteroatoms. The molecule has 0 amide bonds. The van der Waals surface area contributed by atoms with E-state index in [0.29, 0.717) is 19.8 Å². The first-order valence-corrected chi connectivity index (χ1v) is 2.30. The molecule has 0 unspecified atom stereocenters. The van der Waals surface area contributed by atoms with Gasteiger partial charge in [-0.3, -0.25) is 0 Å². The van der Waals surface area contributed by atoms with Crippen molar-refractivity contribution in [1.29, 1.82) is 0 Å². The summed E-state index contributed by atoms with van der Waals surface area (Å²) in [6, 6.07) is 0. The fourth-order valence-electron chi connectivity index (χ4n) is 0.250. The lowest BCUT2D eigenvalue weighted by atomic mass is 10.7. The second-order valence-corrected chi connectivity index (χ2v) is 1.12. The Labute approximate surface area is 67.4 Å². The second-order valence-electron chi connectivity index (χ2n) is 1.12. The number of halogens is 2. The van der Waals surface area contributed by atoms with Crippen LogP contribution in [0.3, 0.4) is 0 Å². The van der Waals surface area contributed by atoms with Crippen LogP contribution in [0.25, 0.3) is 0 Å². The van der Waals surface area contributed by atoms with Gasteiger partial charge in [-0.2, -0.15) is 0 Å². The second kappa shape index (κ2) is 15.8. The summed E-state index contributed by atoms with van der Waals surface area (Å²) >= 11 is 0. The van der Waals surface area contributed by atoms with E-state index >= 15 is 0 Å². The SMILES string of the molecule is Cl.Cl.NCCOCCO. The van der Waals surface area contributed by atoms with Crippen LogP contribution in [0, 0.1) is 0 Å². The van der Waals surface area contributed by atoms with E-state index in [4.69, 9.17) is 15.6 Å². The highest BCUT2D eigenvalue weighted by Crippen LogP contribution is 1.66. The first kappa shape index (κ1) is 16.2. The number of aliphatic hydroxyl groups excluding tert-OH is 1. The van der Waals surface area contributed by atoms with Crippen molar-refractivity contribution in [3.8, 4) is 0 Å². The molecular formula is C4H13Cl2NO2. The summed E-state index contributed by atoms with van der Waals surface area (Å²) in [6.45, 7) is 1.55. The van der Waals surface area contributed by atoms with Crippen molar-refractivity contribution in [2.45, 2.75) is 0 Å². The highest BCUT2D eigenvalue weighted by molar-refractivity contribution is 5.85. The molecule has 0 aliphatic heterocycles. The van der Waals surface area contributed by atoms with Crippen LogP contribution < -0.4 is 5.73 Å². The number of hydrogen-bond acceptors (Lipinski definition) is 3. The van der Waals surface area contributed by atoms with Crippen molar-refractivity contribution in [3.05, 3.63) is 0 Å². The highest BCUT2D eigenvalue weighted by atomic mass is 35.5. The Morgan fingerprint density at radius 2 is 1.78 bits per heavy atom. The van der Waals surface area contributed by atoms with Gasteiger partial charge in [0.2, 0.25) is 0 Å². The van der Waals surface area contributed by atoms with E-state index in [1.165, 1.54) is 0 Å². The molecule has 0 bridgehead atoms. The van der Waals surface area contributed by atoms with Gasteiger partial charge in [0.1, 0.15) is 0 Å². The maximum atomic E-state index is 8.13. The molecule has 0 heterocycles. The largest absolute Gasteiger partial charge is 0.394 e. The molecule has 0 radical (unpaired) electrons. The molecule has 3 nitrogen and oxygen atoms in total. The molecule has 0 aromatic heterocycles. The normalized spacial score (nSPS) is 7.33. The molecule has 0 aliphatic rings. The number of hydrogen-bond donors (Lipinski definition) is 2. The van der Waals surface area contributed by atoms with Gasteiger partial charge in [-0.25, -0.2) is 0 Å². The molecule has 0 aromatic carbocycles. The maximum absolute atomic E-state index is 8.13. The number of rotatable bonds is 4. The molecule has 0 saturated heterocycles. The summed E-state index contributed by atoms with van der Waals surface area (Å²) < 4.78 is 4.76. The molecule has 60 valence electrons. The van der Waals surface area contributed by atoms with Crippen molar-refractivity contribution in [1.82, 2.24) is 0 Å². The van der Waals surface area contributed by atoms with Crippen molar-refractivity contribution in [2.24, 2.45) is 5.73 Å². The van der Waals surface area contributed by atoms with Crippen molar-refractivity contribution < 1.29 is 9.84 Å². The summed E-state index contributed by atoms with van der Waals surface area (Å²) in [4.78, 5) is 0. The first-order chi connectivity index (χ1) is 3.41. The van der Waals surface area contributed by atoms with Crippen LogP contribution in [0.4, 0.5) is 0 Å². The Morgan fingerprint density at radius 3 is 2.11 bits per heavy atom. The van der Waals surface area contributed by atoms with Gasteiger partial charge >= 0.3 is 0 Å². The molecule has 0 aromatic rings. The third-order valence-corrected chi connectivity index (χ3v) is 0.498. The van der Waals surface area contributed by atoms with Crippen molar-refractivity contribution in [2.75, 3.05) is 26.4 Å². The summed E-state index contributed by atoms with van der Waals surface area (Å²) in [5.41, 5.74) is 5.06. The lowest BCUT2D eigenvalue weighted by Gasteiger charge is -1.95. The van der Waals surface area contributed by atoms with Gasteiger partial charge in [-0.15, -0.1) is 24.8 Å². The van der Waals surface area contributed by atoms with Gasteiger partial charge in [-0.05, 0) is 0 Å². The summed E-state index contributed by atoms with van der Waals surface area (Å²) in [5.74, 6) is 0. The zero-order chi connectivity index (χ0) is 5.54. The fourth-order valence-corrected chi connectivity index (χ4v) is 0.250. The Morgan fingerprint density at radius 1 is 1.22 bits per heavy atom. The minimum absolute atomic E-state index is 0. The lowest BCUT2D eigenvalue weighted by Crippen LogP contribution is -2.10. The first-order valence-electron chi connectivity index (χ1n) is 2.30. The standard InChI is InChI=1S/C4H11NO2.2ClH/c5-1-3-7-4-2-6;;/h6H,1-5H2;2*1H.